The minimum Gasteiger partial charge on any atom is -0.507 e. The summed E-state index contributed by atoms with van der Waals surface area (Å²) in [5.74, 6) is 0.568. The van der Waals surface area contributed by atoms with Crippen LogP contribution in [0.15, 0.2) is 57.7 Å². The largest absolute Gasteiger partial charge is 0.507 e. The Hall–Kier alpha value is -2.75. The molecule has 3 aromatic rings. The number of phenols is 1. The van der Waals surface area contributed by atoms with E-state index in [0.29, 0.717) is 22.5 Å². The lowest BCUT2D eigenvalue weighted by Crippen LogP contribution is -2.03. The second-order valence-corrected chi connectivity index (χ2v) is 4.37. The maximum Gasteiger partial charge on any atom is 0.344 e. The Morgan fingerprint density at radius 1 is 1.05 bits per heavy atom. The second kappa shape index (κ2) is 4.74. The Balaban J connectivity index is 2.29. The molecule has 0 bridgehead atoms. The number of methoxy groups -OCH3 is 1. The number of hydrogen-bond acceptors (Lipinski definition) is 4. The summed E-state index contributed by atoms with van der Waals surface area (Å²) in [6, 6.07) is 13.7. The zero-order valence-corrected chi connectivity index (χ0v) is 10.8. The van der Waals surface area contributed by atoms with Crippen molar-refractivity contribution in [3.8, 4) is 22.6 Å². The Kier molecular flexibility index (Phi) is 2.91. The molecule has 1 N–H and O–H groups in total. The van der Waals surface area contributed by atoms with Crippen LogP contribution in [0, 0.1) is 0 Å². The fourth-order valence-corrected chi connectivity index (χ4v) is 2.11. The van der Waals surface area contributed by atoms with E-state index in [-0.39, 0.29) is 5.75 Å². The Morgan fingerprint density at radius 2 is 1.85 bits per heavy atom. The molecule has 4 nitrogen and oxygen atoms in total. The van der Waals surface area contributed by atoms with Gasteiger partial charge >= 0.3 is 5.63 Å². The van der Waals surface area contributed by atoms with Crippen LogP contribution in [0.4, 0.5) is 0 Å². The van der Waals surface area contributed by atoms with Crippen LogP contribution in [-0.4, -0.2) is 12.2 Å². The van der Waals surface area contributed by atoms with E-state index in [1.165, 1.54) is 13.2 Å². The first-order valence-electron chi connectivity index (χ1n) is 6.09. The van der Waals surface area contributed by atoms with E-state index >= 15 is 0 Å². The van der Waals surface area contributed by atoms with E-state index in [9.17, 15) is 9.90 Å². The van der Waals surface area contributed by atoms with Crippen molar-refractivity contribution in [3.63, 3.8) is 0 Å². The lowest BCUT2D eigenvalue weighted by Gasteiger charge is -2.07. The number of benzene rings is 2. The van der Waals surface area contributed by atoms with Crippen molar-refractivity contribution in [1.29, 1.82) is 0 Å². The van der Waals surface area contributed by atoms with Gasteiger partial charge in [-0.15, -0.1) is 0 Å². The first-order valence-corrected chi connectivity index (χ1v) is 6.09. The first-order chi connectivity index (χ1) is 9.69. The van der Waals surface area contributed by atoms with E-state index in [1.54, 1.807) is 30.3 Å². The Morgan fingerprint density at radius 3 is 2.65 bits per heavy atom. The molecule has 0 aliphatic rings. The zero-order chi connectivity index (χ0) is 14.1. The average Bonchev–Trinajstić information content (AvgIpc) is 2.47. The SMILES string of the molecule is COc1ccc(O)c(-c2cc3ccccc3oc2=O)c1. The smallest absolute Gasteiger partial charge is 0.344 e. The predicted octanol–water partition coefficient (Wildman–Crippen LogP) is 3.17. The highest BCUT2D eigenvalue weighted by Gasteiger charge is 2.12. The summed E-state index contributed by atoms with van der Waals surface area (Å²) >= 11 is 0. The number of phenolic OH excluding ortho intramolecular Hbond substituents is 1. The van der Waals surface area contributed by atoms with Crippen LogP contribution < -0.4 is 10.4 Å². The number of fused-ring (bicyclic) bond motifs is 1. The highest BCUT2D eigenvalue weighted by molar-refractivity contribution is 5.83. The molecular weight excluding hydrogens is 256 g/mol. The van der Waals surface area contributed by atoms with Gasteiger partial charge in [-0.2, -0.15) is 0 Å². The van der Waals surface area contributed by atoms with Gasteiger partial charge in [0.15, 0.2) is 0 Å². The van der Waals surface area contributed by atoms with Crippen molar-refractivity contribution in [3.05, 3.63) is 59.0 Å². The van der Waals surface area contributed by atoms with Gasteiger partial charge in [0, 0.05) is 10.9 Å². The lowest BCUT2D eigenvalue weighted by atomic mass is 10.0. The van der Waals surface area contributed by atoms with E-state index in [2.05, 4.69) is 0 Å². The van der Waals surface area contributed by atoms with Gasteiger partial charge in [0.25, 0.3) is 0 Å². The van der Waals surface area contributed by atoms with Crippen LogP contribution in [0.3, 0.4) is 0 Å². The fourth-order valence-electron chi connectivity index (χ4n) is 2.11. The number of aromatic hydroxyl groups is 1. The molecule has 0 fully saturated rings. The molecular formula is C16H12O4. The maximum atomic E-state index is 12.1. The quantitative estimate of drug-likeness (QED) is 0.725. The molecule has 0 unspecified atom stereocenters. The molecule has 0 amide bonds. The lowest BCUT2D eigenvalue weighted by molar-refractivity contribution is 0.412. The average molecular weight is 268 g/mol. The van der Waals surface area contributed by atoms with E-state index in [4.69, 9.17) is 9.15 Å². The van der Waals surface area contributed by atoms with Crippen LogP contribution in [0.1, 0.15) is 0 Å². The van der Waals surface area contributed by atoms with Gasteiger partial charge in [0.1, 0.15) is 17.1 Å². The molecule has 20 heavy (non-hydrogen) atoms. The third-order valence-electron chi connectivity index (χ3n) is 3.14. The van der Waals surface area contributed by atoms with Gasteiger partial charge in [-0.1, -0.05) is 18.2 Å². The van der Waals surface area contributed by atoms with Crippen molar-refractivity contribution in [2.24, 2.45) is 0 Å². The number of hydrogen-bond donors (Lipinski definition) is 1. The van der Waals surface area contributed by atoms with Crippen molar-refractivity contribution in [2.75, 3.05) is 7.11 Å². The molecule has 0 aliphatic heterocycles. The third kappa shape index (κ3) is 2.01. The van der Waals surface area contributed by atoms with Crippen molar-refractivity contribution in [1.82, 2.24) is 0 Å². The van der Waals surface area contributed by atoms with E-state index in [0.717, 1.165) is 5.39 Å². The van der Waals surface area contributed by atoms with Crippen molar-refractivity contribution < 1.29 is 14.3 Å². The highest BCUT2D eigenvalue weighted by atomic mass is 16.5. The molecule has 0 radical (unpaired) electrons. The maximum absolute atomic E-state index is 12.1. The van der Waals surface area contributed by atoms with Gasteiger partial charge in [-0.3, -0.25) is 0 Å². The predicted molar refractivity (Wildman–Crippen MR) is 76.1 cm³/mol. The van der Waals surface area contributed by atoms with Gasteiger partial charge in [-0.25, -0.2) is 4.79 Å². The molecule has 4 heteroatoms. The molecule has 3 rings (SSSR count). The van der Waals surface area contributed by atoms with Gasteiger partial charge in [-0.05, 0) is 30.3 Å². The van der Waals surface area contributed by atoms with Crippen molar-refractivity contribution >= 4 is 11.0 Å². The summed E-state index contributed by atoms with van der Waals surface area (Å²) in [6.45, 7) is 0. The van der Waals surface area contributed by atoms with Crippen LogP contribution in [0.25, 0.3) is 22.1 Å². The van der Waals surface area contributed by atoms with E-state index in [1.807, 2.05) is 12.1 Å². The third-order valence-corrected chi connectivity index (χ3v) is 3.14. The second-order valence-electron chi connectivity index (χ2n) is 4.37. The number of para-hydroxylation sites is 1. The number of rotatable bonds is 2. The van der Waals surface area contributed by atoms with Crippen molar-refractivity contribution in [2.45, 2.75) is 0 Å². The minimum absolute atomic E-state index is 0.00776. The summed E-state index contributed by atoms with van der Waals surface area (Å²) in [7, 11) is 1.53. The number of ether oxygens (including phenoxy) is 1. The summed E-state index contributed by atoms with van der Waals surface area (Å²) in [5.41, 5.74) is 0.722. The van der Waals surface area contributed by atoms with Crippen LogP contribution in [0.2, 0.25) is 0 Å². The summed E-state index contributed by atoms with van der Waals surface area (Å²) < 4.78 is 10.4. The normalized spacial score (nSPS) is 10.7. The zero-order valence-electron chi connectivity index (χ0n) is 10.8. The molecule has 0 saturated carbocycles. The minimum atomic E-state index is -0.493. The standard InChI is InChI=1S/C16H12O4/c1-19-11-6-7-14(17)12(9-11)13-8-10-4-2-3-5-15(10)20-16(13)18/h2-9,17H,1H3. The summed E-state index contributed by atoms with van der Waals surface area (Å²) in [5, 5.41) is 10.7. The molecule has 1 aromatic heterocycles. The Labute approximate surface area is 114 Å². The molecule has 0 saturated heterocycles. The topological polar surface area (TPSA) is 59.7 Å². The molecule has 0 spiro atoms. The molecule has 100 valence electrons. The first kappa shape index (κ1) is 12.3. The van der Waals surface area contributed by atoms with Crippen LogP contribution >= 0.6 is 0 Å². The molecule has 0 aliphatic carbocycles. The van der Waals surface area contributed by atoms with E-state index < -0.39 is 5.63 Å². The highest BCUT2D eigenvalue weighted by Crippen LogP contribution is 2.32. The summed E-state index contributed by atoms with van der Waals surface area (Å²) in [6.07, 6.45) is 0. The van der Waals surface area contributed by atoms with Crippen LogP contribution in [-0.2, 0) is 0 Å². The molecule has 2 aromatic carbocycles. The molecule has 0 atom stereocenters. The van der Waals surface area contributed by atoms with Gasteiger partial charge in [0.05, 0.1) is 12.7 Å². The monoisotopic (exact) mass is 268 g/mol. The van der Waals surface area contributed by atoms with Gasteiger partial charge < -0.3 is 14.3 Å². The Bertz CT molecular complexity index is 833. The fraction of sp³-hybridized carbons (Fsp3) is 0.0625. The summed E-state index contributed by atoms with van der Waals surface area (Å²) in [4.78, 5) is 12.1. The van der Waals surface area contributed by atoms with Crippen LogP contribution in [0.5, 0.6) is 11.5 Å². The van der Waals surface area contributed by atoms with Gasteiger partial charge in [0.2, 0.25) is 0 Å². The molecule has 1 heterocycles.